The lowest BCUT2D eigenvalue weighted by Crippen LogP contribution is -2.27. The van der Waals surface area contributed by atoms with E-state index in [1.807, 2.05) is 0 Å². The van der Waals surface area contributed by atoms with Crippen molar-refractivity contribution >= 4 is 0 Å². The molecular formula is C14H23N3O2. The number of nitrogens with zero attached hydrogens (tertiary/aromatic N) is 1. The van der Waals surface area contributed by atoms with Crippen LogP contribution in [0.15, 0.2) is 10.9 Å². The summed E-state index contributed by atoms with van der Waals surface area (Å²) < 4.78 is 5.50. The first-order valence-corrected chi connectivity index (χ1v) is 6.76. The second-order valence-electron chi connectivity index (χ2n) is 6.26. The Bertz CT molecular complexity index is 486. The minimum Gasteiger partial charge on any atom is -0.373 e. The van der Waals surface area contributed by atoms with Gasteiger partial charge in [0.1, 0.15) is 11.9 Å². The van der Waals surface area contributed by atoms with Gasteiger partial charge in [-0.3, -0.25) is 4.79 Å². The lowest BCUT2D eigenvalue weighted by Gasteiger charge is -2.28. The zero-order valence-corrected chi connectivity index (χ0v) is 12.1. The Balaban J connectivity index is 2.21. The molecule has 2 N–H and O–H groups in total. The maximum absolute atomic E-state index is 11.7. The largest absolute Gasteiger partial charge is 0.373 e. The molecule has 0 amide bonds. The molecule has 106 valence electrons. The monoisotopic (exact) mass is 265 g/mol. The molecule has 19 heavy (non-hydrogen) atoms. The van der Waals surface area contributed by atoms with Crippen molar-refractivity contribution in [3.05, 3.63) is 27.9 Å². The quantitative estimate of drug-likeness (QED) is 0.851. The number of methoxy groups -OCH3 is 1. The fraction of sp³-hybridized carbons (Fsp3) is 0.714. The van der Waals surface area contributed by atoms with E-state index >= 15 is 0 Å². The zero-order valence-electron chi connectivity index (χ0n) is 12.1. The van der Waals surface area contributed by atoms with Crippen molar-refractivity contribution in [1.82, 2.24) is 15.3 Å². The number of aromatic nitrogens is 2. The summed E-state index contributed by atoms with van der Waals surface area (Å²) in [5, 5.41) is 3.37. The highest BCUT2D eigenvalue weighted by Gasteiger charge is 2.28. The fourth-order valence-electron chi connectivity index (χ4n) is 2.16. The normalized spacial score (nSPS) is 17.5. The minimum absolute atomic E-state index is 0.118. The van der Waals surface area contributed by atoms with E-state index in [-0.39, 0.29) is 17.1 Å². The average Bonchev–Trinajstić information content (AvgIpc) is 3.08. The van der Waals surface area contributed by atoms with E-state index in [2.05, 4.69) is 36.1 Å². The smallest absolute Gasteiger partial charge is 0.251 e. The van der Waals surface area contributed by atoms with Crippen LogP contribution in [-0.4, -0.2) is 23.1 Å². The van der Waals surface area contributed by atoms with Gasteiger partial charge < -0.3 is 15.0 Å². The fourth-order valence-corrected chi connectivity index (χ4v) is 2.16. The molecule has 0 aromatic carbocycles. The van der Waals surface area contributed by atoms with Gasteiger partial charge >= 0.3 is 0 Å². The van der Waals surface area contributed by atoms with E-state index in [0.29, 0.717) is 18.4 Å². The molecule has 0 aliphatic heterocycles. The molecule has 5 heteroatoms. The molecule has 0 radical (unpaired) electrons. The van der Waals surface area contributed by atoms with Crippen molar-refractivity contribution < 1.29 is 4.74 Å². The Morgan fingerprint density at radius 3 is 2.74 bits per heavy atom. The summed E-state index contributed by atoms with van der Waals surface area (Å²) in [6.07, 6.45) is 2.22. The van der Waals surface area contributed by atoms with Crippen LogP contribution in [0.25, 0.3) is 0 Å². The second-order valence-corrected chi connectivity index (χ2v) is 6.26. The Morgan fingerprint density at radius 2 is 2.21 bits per heavy atom. The van der Waals surface area contributed by atoms with Crippen LogP contribution in [0.5, 0.6) is 0 Å². The van der Waals surface area contributed by atoms with Crippen LogP contribution < -0.4 is 10.9 Å². The van der Waals surface area contributed by atoms with E-state index in [9.17, 15) is 4.79 Å². The zero-order chi connectivity index (χ0) is 14.0. The predicted molar refractivity (Wildman–Crippen MR) is 73.9 cm³/mol. The standard InChI is InChI=1S/C14H23N3O2/c1-14(2,3)12(19-4)13-16-10(7-11(18)17-13)8-15-9-5-6-9/h7,9,12,15H,5-6,8H2,1-4H3,(H,16,17,18). The number of H-pyrrole nitrogens is 1. The van der Waals surface area contributed by atoms with Crippen LogP contribution in [0, 0.1) is 5.41 Å². The van der Waals surface area contributed by atoms with Crippen LogP contribution in [0.4, 0.5) is 0 Å². The van der Waals surface area contributed by atoms with Gasteiger partial charge in [-0.1, -0.05) is 20.8 Å². The highest BCUT2D eigenvalue weighted by molar-refractivity contribution is 5.07. The van der Waals surface area contributed by atoms with Gasteiger partial charge in [-0.05, 0) is 18.3 Å². The number of ether oxygens (including phenoxy) is 1. The van der Waals surface area contributed by atoms with Gasteiger partial charge in [-0.25, -0.2) is 4.98 Å². The molecular weight excluding hydrogens is 242 g/mol. The summed E-state index contributed by atoms with van der Waals surface area (Å²) in [6, 6.07) is 2.15. The van der Waals surface area contributed by atoms with E-state index in [1.54, 1.807) is 13.2 Å². The molecule has 5 nitrogen and oxygen atoms in total. The maximum Gasteiger partial charge on any atom is 0.251 e. The molecule has 1 heterocycles. The first kappa shape index (κ1) is 14.2. The average molecular weight is 265 g/mol. The molecule has 0 spiro atoms. The molecule has 1 atom stereocenters. The van der Waals surface area contributed by atoms with Gasteiger partial charge in [0.2, 0.25) is 0 Å². The lowest BCUT2D eigenvalue weighted by molar-refractivity contribution is 0.00832. The van der Waals surface area contributed by atoms with Crippen molar-refractivity contribution in [3.8, 4) is 0 Å². The first-order valence-electron chi connectivity index (χ1n) is 6.76. The van der Waals surface area contributed by atoms with Crippen LogP contribution in [0.3, 0.4) is 0 Å². The molecule has 1 aliphatic carbocycles. The van der Waals surface area contributed by atoms with Crippen molar-refractivity contribution in [3.63, 3.8) is 0 Å². The van der Waals surface area contributed by atoms with Gasteiger partial charge in [0, 0.05) is 25.8 Å². The highest BCUT2D eigenvalue weighted by Crippen LogP contribution is 2.33. The molecule has 0 bridgehead atoms. The molecule has 2 rings (SSSR count). The summed E-state index contributed by atoms with van der Waals surface area (Å²) in [6.45, 7) is 6.84. The molecule has 1 aliphatic rings. The summed E-state index contributed by atoms with van der Waals surface area (Å²) in [5.41, 5.74) is 0.536. The number of hydrogen-bond acceptors (Lipinski definition) is 4. The Kier molecular flexibility index (Phi) is 4.06. The van der Waals surface area contributed by atoms with E-state index in [1.165, 1.54) is 12.8 Å². The predicted octanol–water partition coefficient (Wildman–Crippen LogP) is 1.76. The summed E-state index contributed by atoms with van der Waals surface area (Å²) in [4.78, 5) is 19.1. The topological polar surface area (TPSA) is 67.0 Å². The van der Waals surface area contributed by atoms with E-state index in [4.69, 9.17) is 4.74 Å². The Morgan fingerprint density at radius 1 is 1.53 bits per heavy atom. The first-order chi connectivity index (χ1) is 8.90. The molecule has 1 unspecified atom stereocenters. The molecule has 0 saturated heterocycles. The van der Waals surface area contributed by atoms with Crippen LogP contribution in [-0.2, 0) is 11.3 Å². The van der Waals surface area contributed by atoms with Crippen LogP contribution in [0.2, 0.25) is 0 Å². The van der Waals surface area contributed by atoms with Gasteiger partial charge in [-0.15, -0.1) is 0 Å². The molecule has 1 saturated carbocycles. The van der Waals surface area contributed by atoms with Gasteiger partial charge in [0.05, 0.1) is 5.69 Å². The Hall–Kier alpha value is -1.20. The van der Waals surface area contributed by atoms with Crippen LogP contribution >= 0.6 is 0 Å². The van der Waals surface area contributed by atoms with Crippen molar-refractivity contribution in [1.29, 1.82) is 0 Å². The maximum atomic E-state index is 11.7. The van der Waals surface area contributed by atoms with Crippen molar-refractivity contribution in [2.75, 3.05) is 7.11 Å². The van der Waals surface area contributed by atoms with Crippen molar-refractivity contribution in [2.24, 2.45) is 5.41 Å². The third kappa shape index (κ3) is 3.88. The van der Waals surface area contributed by atoms with Gasteiger partial charge in [-0.2, -0.15) is 0 Å². The van der Waals surface area contributed by atoms with E-state index in [0.717, 1.165) is 5.69 Å². The van der Waals surface area contributed by atoms with Crippen LogP contribution in [0.1, 0.15) is 51.2 Å². The summed E-state index contributed by atoms with van der Waals surface area (Å²) in [7, 11) is 1.64. The second kappa shape index (κ2) is 5.43. The number of hydrogen-bond donors (Lipinski definition) is 2. The number of aromatic amines is 1. The Labute approximate surface area is 113 Å². The number of rotatable bonds is 5. The number of nitrogens with one attached hydrogen (secondary N) is 2. The molecule has 1 aromatic rings. The summed E-state index contributed by atoms with van der Waals surface area (Å²) >= 11 is 0. The summed E-state index contributed by atoms with van der Waals surface area (Å²) in [5.74, 6) is 0.607. The minimum atomic E-state index is -0.221. The third-order valence-electron chi connectivity index (χ3n) is 3.23. The molecule has 1 aromatic heterocycles. The van der Waals surface area contributed by atoms with E-state index < -0.39 is 0 Å². The van der Waals surface area contributed by atoms with Gasteiger partial charge in [0.25, 0.3) is 5.56 Å². The highest BCUT2D eigenvalue weighted by atomic mass is 16.5. The molecule has 1 fully saturated rings. The third-order valence-corrected chi connectivity index (χ3v) is 3.23. The van der Waals surface area contributed by atoms with Crippen molar-refractivity contribution in [2.45, 2.75) is 52.3 Å². The SMILES string of the molecule is COC(c1nc(CNC2CC2)cc(=O)[nH]1)C(C)(C)C. The lowest BCUT2D eigenvalue weighted by atomic mass is 9.88. The van der Waals surface area contributed by atoms with Gasteiger partial charge in [0.15, 0.2) is 0 Å².